The van der Waals surface area contributed by atoms with Crippen LogP contribution in [0, 0.1) is 0 Å². The van der Waals surface area contributed by atoms with Gasteiger partial charge in [0.25, 0.3) is 0 Å². The molecule has 28 heavy (non-hydrogen) atoms. The van der Waals surface area contributed by atoms with Crippen LogP contribution >= 0.6 is 0 Å². The van der Waals surface area contributed by atoms with E-state index in [9.17, 15) is 13.2 Å². The lowest BCUT2D eigenvalue weighted by molar-refractivity contribution is -0.141. The van der Waals surface area contributed by atoms with E-state index in [1.54, 1.807) is 0 Å². The maximum Gasteiger partial charge on any atom is 0.433 e. The second-order valence-corrected chi connectivity index (χ2v) is 8.39. The Morgan fingerprint density at radius 3 is 2.14 bits per heavy atom. The first-order chi connectivity index (χ1) is 13.1. The maximum atomic E-state index is 13.3. The van der Waals surface area contributed by atoms with Crippen LogP contribution in [0.5, 0.6) is 0 Å². The predicted molar refractivity (Wildman–Crippen MR) is 106 cm³/mol. The van der Waals surface area contributed by atoms with Gasteiger partial charge in [0.1, 0.15) is 5.82 Å². The molecule has 0 bridgehead atoms. The van der Waals surface area contributed by atoms with Gasteiger partial charge < -0.3 is 10.6 Å². The lowest BCUT2D eigenvalue weighted by atomic mass is 9.87. The number of nitrogens with one attached hydrogen (secondary N) is 2. The summed E-state index contributed by atoms with van der Waals surface area (Å²) in [7, 11) is 0. The maximum absolute atomic E-state index is 13.3. The Hall–Kier alpha value is -2.31. The molecule has 0 unspecified atom stereocenters. The standard InChI is InChI=1S/C21H27F3N4/c1-20(2,3)14-9-11-16(12-10-14)25-18-13-17(21(22,23)24)27-19(28-18)26-15-7-5-4-6-8-15/h9-13,15H,4-8H2,1-3H3,(H2,25,26,27,28). The van der Waals surface area contributed by atoms with Crippen molar-refractivity contribution >= 4 is 17.5 Å². The molecular formula is C21H27F3N4. The fourth-order valence-corrected chi connectivity index (χ4v) is 3.35. The van der Waals surface area contributed by atoms with Gasteiger partial charge in [0, 0.05) is 17.8 Å². The van der Waals surface area contributed by atoms with Crippen molar-refractivity contribution in [3.05, 3.63) is 41.6 Å². The molecular weight excluding hydrogens is 365 g/mol. The van der Waals surface area contributed by atoms with E-state index >= 15 is 0 Å². The highest BCUT2D eigenvalue weighted by Gasteiger charge is 2.34. The zero-order valence-electron chi connectivity index (χ0n) is 16.5. The minimum absolute atomic E-state index is 0.00792. The van der Waals surface area contributed by atoms with Crippen molar-refractivity contribution in [1.29, 1.82) is 0 Å². The van der Waals surface area contributed by atoms with Gasteiger partial charge in [-0.3, -0.25) is 0 Å². The van der Waals surface area contributed by atoms with Crippen LogP contribution in [0.15, 0.2) is 30.3 Å². The molecule has 0 atom stereocenters. The fourth-order valence-electron chi connectivity index (χ4n) is 3.35. The number of nitrogens with zero attached hydrogens (tertiary/aromatic N) is 2. The first kappa shape index (κ1) is 20.4. The number of anilines is 3. The van der Waals surface area contributed by atoms with Crippen LogP contribution < -0.4 is 10.6 Å². The van der Waals surface area contributed by atoms with Gasteiger partial charge in [0.2, 0.25) is 5.95 Å². The summed E-state index contributed by atoms with van der Waals surface area (Å²) < 4.78 is 39.9. The van der Waals surface area contributed by atoms with E-state index in [-0.39, 0.29) is 23.2 Å². The second kappa shape index (κ2) is 7.97. The molecule has 2 aromatic rings. The minimum atomic E-state index is -4.53. The summed E-state index contributed by atoms with van der Waals surface area (Å²) in [6, 6.07) is 8.71. The summed E-state index contributed by atoms with van der Waals surface area (Å²) in [6.45, 7) is 6.33. The monoisotopic (exact) mass is 392 g/mol. The van der Waals surface area contributed by atoms with E-state index in [2.05, 4.69) is 41.4 Å². The Bertz CT molecular complexity index is 789. The van der Waals surface area contributed by atoms with Gasteiger partial charge >= 0.3 is 6.18 Å². The van der Waals surface area contributed by atoms with E-state index in [4.69, 9.17) is 0 Å². The van der Waals surface area contributed by atoms with Gasteiger partial charge in [-0.25, -0.2) is 4.98 Å². The largest absolute Gasteiger partial charge is 0.433 e. The molecule has 1 aliphatic rings. The van der Waals surface area contributed by atoms with E-state index in [1.165, 1.54) is 6.42 Å². The molecule has 3 rings (SSSR count). The Morgan fingerprint density at radius 1 is 0.929 bits per heavy atom. The molecule has 1 fully saturated rings. The zero-order chi connectivity index (χ0) is 20.4. The van der Waals surface area contributed by atoms with Crippen LogP contribution in [0.4, 0.5) is 30.6 Å². The first-order valence-electron chi connectivity index (χ1n) is 9.72. The first-order valence-corrected chi connectivity index (χ1v) is 9.72. The Morgan fingerprint density at radius 2 is 1.57 bits per heavy atom. The quantitative estimate of drug-likeness (QED) is 0.643. The average Bonchev–Trinajstić information content (AvgIpc) is 2.61. The molecule has 1 aliphatic carbocycles. The highest BCUT2D eigenvalue weighted by molar-refractivity contribution is 5.58. The van der Waals surface area contributed by atoms with Crippen LogP contribution in [0.25, 0.3) is 0 Å². The van der Waals surface area contributed by atoms with Gasteiger partial charge in [0.05, 0.1) is 0 Å². The minimum Gasteiger partial charge on any atom is -0.351 e. The van der Waals surface area contributed by atoms with Crippen LogP contribution in [0.3, 0.4) is 0 Å². The Balaban J connectivity index is 1.83. The van der Waals surface area contributed by atoms with Gasteiger partial charge in [-0.15, -0.1) is 0 Å². The van der Waals surface area contributed by atoms with Gasteiger partial charge in [-0.2, -0.15) is 18.2 Å². The lowest BCUT2D eigenvalue weighted by Crippen LogP contribution is -2.24. The van der Waals surface area contributed by atoms with Crippen LogP contribution in [-0.2, 0) is 11.6 Å². The van der Waals surface area contributed by atoms with Crippen LogP contribution in [-0.4, -0.2) is 16.0 Å². The Kier molecular flexibility index (Phi) is 5.82. The van der Waals surface area contributed by atoms with Gasteiger partial charge in [0.15, 0.2) is 5.69 Å². The van der Waals surface area contributed by atoms with Crippen molar-refractivity contribution in [3.63, 3.8) is 0 Å². The molecule has 0 radical (unpaired) electrons. The topological polar surface area (TPSA) is 49.8 Å². The molecule has 0 aliphatic heterocycles. The molecule has 7 heteroatoms. The average molecular weight is 392 g/mol. The fraction of sp³-hybridized carbons (Fsp3) is 0.524. The molecule has 0 saturated heterocycles. The summed E-state index contributed by atoms with van der Waals surface area (Å²) >= 11 is 0. The summed E-state index contributed by atoms with van der Waals surface area (Å²) in [6.07, 6.45) is 0.633. The summed E-state index contributed by atoms with van der Waals surface area (Å²) in [5.41, 5.74) is 0.892. The van der Waals surface area contributed by atoms with Gasteiger partial charge in [-0.1, -0.05) is 52.2 Å². The third kappa shape index (κ3) is 5.36. The number of hydrogen-bond donors (Lipinski definition) is 2. The molecule has 1 saturated carbocycles. The molecule has 1 heterocycles. The van der Waals surface area contributed by atoms with E-state index in [0.29, 0.717) is 5.69 Å². The second-order valence-electron chi connectivity index (χ2n) is 8.39. The smallest absolute Gasteiger partial charge is 0.351 e. The third-order valence-corrected chi connectivity index (χ3v) is 4.98. The molecule has 0 spiro atoms. The third-order valence-electron chi connectivity index (χ3n) is 4.98. The molecule has 152 valence electrons. The van der Waals surface area contributed by atoms with Crippen LogP contribution in [0.2, 0.25) is 0 Å². The highest BCUT2D eigenvalue weighted by atomic mass is 19.4. The zero-order valence-corrected chi connectivity index (χ0v) is 16.5. The Labute approximate surface area is 164 Å². The number of alkyl halides is 3. The van der Waals surface area contributed by atoms with E-state index in [0.717, 1.165) is 37.3 Å². The highest BCUT2D eigenvalue weighted by Crippen LogP contribution is 2.31. The number of rotatable bonds is 4. The van der Waals surface area contributed by atoms with Crippen LogP contribution in [0.1, 0.15) is 64.1 Å². The van der Waals surface area contributed by atoms with Crippen molar-refractivity contribution in [2.45, 2.75) is 70.5 Å². The summed E-state index contributed by atoms with van der Waals surface area (Å²) in [5, 5.41) is 6.07. The molecule has 1 aromatic carbocycles. The lowest BCUT2D eigenvalue weighted by Gasteiger charge is -2.23. The number of hydrogen-bond acceptors (Lipinski definition) is 4. The van der Waals surface area contributed by atoms with Gasteiger partial charge in [-0.05, 0) is 36.0 Å². The van der Waals surface area contributed by atoms with E-state index in [1.807, 2.05) is 24.3 Å². The molecule has 2 N–H and O–H groups in total. The predicted octanol–water partition coefficient (Wildman–Crippen LogP) is 6.28. The SMILES string of the molecule is CC(C)(C)c1ccc(Nc2cc(C(F)(F)F)nc(NC3CCCCC3)n2)cc1. The number of benzene rings is 1. The summed E-state index contributed by atoms with van der Waals surface area (Å²) in [5.74, 6) is 0.152. The van der Waals surface area contributed by atoms with Crippen molar-refractivity contribution in [2.24, 2.45) is 0 Å². The van der Waals surface area contributed by atoms with Crippen molar-refractivity contribution in [1.82, 2.24) is 9.97 Å². The summed E-state index contributed by atoms with van der Waals surface area (Å²) in [4.78, 5) is 7.97. The molecule has 0 amide bonds. The molecule has 1 aromatic heterocycles. The van der Waals surface area contributed by atoms with Crippen molar-refractivity contribution in [2.75, 3.05) is 10.6 Å². The van der Waals surface area contributed by atoms with E-state index < -0.39 is 11.9 Å². The molecule has 4 nitrogen and oxygen atoms in total. The number of halogens is 3. The normalized spacial score (nSPS) is 16.1. The number of aromatic nitrogens is 2. The van der Waals surface area contributed by atoms with Crippen molar-refractivity contribution < 1.29 is 13.2 Å². The van der Waals surface area contributed by atoms with Crippen molar-refractivity contribution in [3.8, 4) is 0 Å².